The number of amides is 2. The van der Waals surface area contributed by atoms with E-state index in [1.165, 1.54) is 25.3 Å². The lowest BCUT2D eigenvalue weighted by molar-refractivity contribution is -0.111. The Labute approximate surface area is 169 Å². The Morgan fingerprint density at radius 2 is 1.76 bits per heavy atom. The zero-order chi connectivity index (χ0) is 20.8. The number of hydrogen-bond acceptors (Lipinski definition) is 4. The molecule has 0 aromatic heterocycles. The zero-order valence-electron chi connectivity index (χ0n) is 16.5. The van der Waals surface area contributed by atoms with Gasteiger partial charge in [-0.05, 0) is 49.0 Å². The molecule has 152 valence electrons. The van der Waals surface area contributed by atoms with Crippen LogP contribution in [-0.2, 0) is 4.79 Å². The number of hydrogen-bond donors (Lipinski definition) is 1. The number of carbonyl (C=O) groups excluding carboxylic acids is 2. The first kappa shape index (κ1) is 20.5. The molecule has 0 aliphatic carbocycles. The summed E-state index contributed by atoms with van der Waals surface area (Å²) in [5.41, 5.74) is 1.61. The number of carbonyl (C=O) groups is 2. The second kappa shape index (κ2) is 9.34. The van der Waals surface area contributed by atoms with Gasteiger partial charge in [0.15, 0.2) is 0 Å². The van der Waals surface area contributed by atoms with Crippen molar-refractivity contribution < 1.29 is 18.7 Å². The molecule has 1 aliphatic rings. The van der Waals surface area contributed by atoms with Crippen LogP contribution in [0.2, 0.25) is 0 Å². The van der Waals surface area contributed by atoms with Gasteiger partial charge in [0.05, 0.1) is 12.8 Å². The van der Waals surface area contributed by atoms with Gasteiger partial charge in [-0.3, -0.25) is 9.59 Å². The molecular formula is C22H24FN3O3. The van der Waals surface area contributed by atoms with Crippen molar-refractivity contribution in [2.75, 3.05) is 45.7 Å². The first-order valence-corrected chi connectivity index (χ1v) is 9.37. The summed E-state index contributed by atoms with van der Waals surface area (Å²) in [6.45, 7) is 3.01. The standard InChI is InChI=1S/C22H24FN3O3/c1-25-11-13-26(14-12-25)22(28)17-6-9-20(29-2)19(15-17)24-21(27)10-5-16-3-7-18(23)8-4-16/h3-10,15H,11-14H2,1-2H3,(H,24,27)/b10-5+. The van der Waals surface area contributed by atoms with Crippen molar-refractivity contribution in [1.82, 2.24) is 9.80 Å². The molecule has 0 unspecified atom stereocenters. The summed E-state index contributed by atoms with van der Waals surface area (Å²) in [5, 5.41) is 2.74. The maximum atomic E-state index is 13.0. The molecule has 1 aliphatic heterocycles. The fourth-order valence-electron chi connectivity index (χ4n) is 3.05. The number of methoxy groups -OCH3 is 1. The van der Waals surface area contributed by atoms with Crippen molar-refractivity contribution in [2.24, 2.45) is 0 Å². The summed E-state index contributed by atoms with van der Waals surface area (Å²) in [6, 6.07) is 10.8. The lowest BCUT2D eigenvalue weighted by Gasteiger charge is -2.32. The van der Waals surface area contributed by atoms with Crippen molar-refractivity contribution in [3.05, 3.63) is 65.5 Å². The van der Waals surface area contributed by atoms with E-state index < -0.39 is 0 Å². The predicted molar refractivity (Wildman–Crippen MR) is 110 cm³/mol. The molecule has 0 bridgehead atoms. The molecule has 0 saturated carbocycles. The van der Waals surface area contributed by atoms with Crippen LogP contribution < -0.4 is 10.1 Å². The van der Waals surface area contributed by atoms with Crippen LogP contribution >= 0.6 is 0 Å². The van der Waals surface area contributed by atoms with Gasteiger partial charge in [0.1, 0.15) is 11.6 Å². The molecular weight excluding hydrogens is 373 g/mol. The Balaban J connectivity index is 1.72. The summed E-state index contributed by atoms with van der Waals surface area (Å²) >= 11 is 0. The third-order valence-corrected chi connectivity index (χ3v) is 4.79. The van der Waals surface area contributed by atoms with Crippen molar-refractivity contribution >= 4 is 23.6 Å². The van der Waals surface area contributed by atoms with Crippen LogP contribution in [0, 0.1) is 5.82 Å². The number of nitrogens with one attached hydrogen (secondary N) is 1. The third kappa shape index (κ3) is 5.42. The Hall–Kier alpha value is -3.19. The van der Waals surface area contributed by atoms with Crippen molar-refractivity contribution in [1.29, 1.82) is 0 Å². The van der Waals surface area contributed by atoms with E-state index in [2.05, 4.69) is 10.2 Å². The van der Waals surface area contributed by atoms with E-state index in [0.717, 1.165) is 13.1 Å². The van der Waals surface area contributed by atoms with Gasteiger partial charge in [0, 0.05) is 37.8 Å². The minimum absolute atomic E-state index is 0.0712. The maximum absolute atomic E-state index is 13.0. The fraction of sp³-hybridized carbons (Fsp3) is 0.273. The summed E-state index contributed by atoms with van der Waals surface area (Å²) in [7, 11) is 3.53. The molecule has 29 heavy (non-hydrogen) atoms. The average Bonchev–Trinajstić information content (AvgIpc) is 2.73. The fourth-order valence-corrected chi connectivity index (χ4v) is 3.05. The molecule has 1 N–H and O–H groups in total. The molecule has 6 nitrogen and oxygen atoms in total. The Morgan fingerprint density at radius 3 is 2.41 bits per heavy atom. The summed E-state index contributed by atoms with van der Waals surface area (Å²) in [4.78, 5) is 29.1. The molecule has 1 saturated heterocycles. The quantitative estimate of drug-likeness (QED) is 0.789. The predicted octanol–water partition coefficient (Wildman–Crippen LogP) is 2.87. The molecule has 3 rings (SSSR count). The molecule has 2 aromatic rings. The smallest absolute Gasteiger partial charge is 0.254 e. The number of ether oxygens (including phenoxy) is 1. The maximum Gasteiger partial charge on any atom is 0.254 e. The monoisotopic (exact) mass is 397 g/mol. The van der Waals surface area contributed by atoms with E-state index in [1.54, 1.807) is 36.4 Å². The topological polar surface area (TPSA) is 61.9 Å². The third-order valence-electron chi connectivity index (χ3n) is 4.79. The van der Waals surface area contributed by atoms with E-state index >= 15 is 0 Å². The van der Waals surface area contributed by atoms with Gasteiger partial charge in [-0.1, -0.05) is 12.1 Å². The highest BCUT2D eigenvalue weighted by atomic mass is 19.1. The molecule has 0 radical (unpaired) electrons. The SMILES string of the molecule is COc1ccc(C(=O)N2CCN(C)CC2)cc1NC(=O)/C=C/c1ccc(F)cc1. The summed E-state index contributed by atoms with van der Waals surface area (Å²) < 4.78 is 18.3. The van der Waals surface area contributed by atoms with Gasteiger partial charge < -0.3 is 19.9 Å². The van der Waals surface area contributed by atoms with Gasteiger partial charge in [0.2, 0.25) is 5.91 Å². The largest absolute Gasteiger partial charge is 0.495 e. The highest BCUT2D eigenvalue weighted by molar-refractivity contribution is 6.04. The van der Waals surface area contributed by atoms with Gasteiger partial charge in [-0.25, -0.2) is 4.39 Å². The van der Waals surface area contributed by atoms with Crippen LogP contribution in [0.25, 0.3) is 6.08 Å². The van der Waals surface area contributed by atoms with Crippen LogP contribution in [0.1, 0.15) is 15.9 Å². The Bertz CT molecular complexity index is 904. The molecule has 2 amide bonds. The van der Waals surface area contributed by atoms with Crippen LogP contribution in [0.4, 0.5) is 10.1 Å². The molecule has 0 spiro atoms. The lowest BCUT2D eigenvalue weighted by Crippen LogP contribution is -2.47. The minimum atomic E-state index is -0.378. The molecule has 1 fully saturated rings. The molecule has 2 aromatic carbocycles. The Morgan fingerprint density at radius 1 is 1.07 bits per heavy atom. The van der Waals surface area contributed by atoms with Crippen molar-refractivity contribution in [2.45, 2.75) is 0 Å². The van der Waals surface area contributed by atoms with E-state index in [0.29, 0.717) is 35.7 Å². The highest BCUT2D eigenvalue weighted by Gasteiger charge is 2.21. The average molecular weight is 397 g/mol. The highest BCUT2D eigenvalue weighted by Crippen LogP contribution is 2.26. The number of likely N-dealkylation sites (N-methyl/N-ethyl adjacent to an activating group) is 1. The number of rotatable bonds is 5. The van der Waals surface area contributed by atoms with Crippen molar-refractivity contribution in [3.8, 4) is 5.75 Å². The van der Waals surface area contributed by atoms with Crippen LogP contribution in [0.15, 0.2) is 48.5 Å². The van der Waals surface area contributed by atoms with E-state index in [4.69, 9.17) is 4.74 Å². The summed E-state index contributed by atoms with van der Waals surface area (Å²) in [6.07, 6.45) is 2.93. The molecule has 0 atom stereocenters. The Kier molecular flexibility index (Phi) is 6.61. The lowest BCUT2D eigenvalue weighted by atomic mass is 10.1. The van der Waals surface area contributed by atoms with E-state index in [-0.39, 0.29) is 17.6 Å². The number of benzene rings is 2. The number of nitrogens with zero attached hydrogens (tertiary/aromatic N) is 2. The first-order chi connectivity index (χ1) is 14.0. The normalized spacial score (nSPS) is 14.8. The van der Waals surface area contributed by atoms with Crippen LogP contribution in [0.3, 0.4) is 0 Å². The minimum Gasteiger partial charge on any atom is -0.495 e. The van der Waals surface area contributed by atoms with Gasteiger partial charge in [-0.2, -0.15) is 0 Å². The van der Waals surface area contributed by atoms with Gasteiger partial charge in [-0.15, -0.1) is 0 Å². The number of piperazine rings is 1. The zero-order valence-corrected chi connectivity index (χ0v) is 16.5. The van der Waals surface area contributed by atoms with Crippen molar-refractivity contribution in [3.63, 3.8) is 0 Å². The van der Waals surface area contributed by atoms with E-state index in [9.17, 15) is 14.0 Å². The molecule has 1 heterocycles. The second-order valence-corrected chi connectivity index (χ2v) is 6.88. The first-order valence-electron chi connectivity index (χ1n) is 9.37. The van der Waals surface area contributed by atoms with Crippen LogP contribution in [0.5, 0.6) is 5.75 Å². The van der Waals surface area contributed by atoms with Gasteiger partial charge >= 0.3 is 0 Å². The summed E-state index contributed by atoms with van der Waals surface area (Å²) in [5.74, 6) is -0.323. The molecule has 7 heteroatoms. The number of halogens is 1. The number of anilines is 1. The van der Waals surface area contributed by atoms with Crippen LogP contribution in [-0.4, -0.2) is 62.0 Å². The van der Waals surface area contributed by atoms with E-state index in [1.807, 2.05) is 11.9 Å². The second-order valence-electron chi connectivity index (χ2n) is 6.88. The van der Waals surface area contributed by atoms with Gasteiger partial charge in [0.25, 0.3) is 5.91 Å².